The molecule has 0 radical (unpaired) electrons. The van der Waals surface area contributed by atoms with Crippen LogP contribution in [0.5, 0.6) is 0 Å². The van der Waals surface area contributed by atoms with Crippen LogP contribution in [0.25, 0.3) is 0 Å². The molecule has 0 fully saturated rings. The molecule has 8 heteroatoms. The molecule has 12 heavy (non-hydrogen) atoms. The van der Waals surface area contributed by atoms with E-state index in [9.17, 15) is 17.2 Å². The molecule has 0 saturated carbocycles. The molecule has 0 aromatic carbocycles. The first-order chi connectivity index (χ1) is 4.86. The van der Waals surface area contributed by atoms with E-state index in [0.29, 0.717) is 0 Å². The van der Waals surface area contributed by atoms with Gasteiger partial charge in [-0.3, -0.25) is 4.21 Å². The fourth-order valence-corrected chi connectivity index (χ4v) is 2.11. The molecule has 0 aliphatic carbocycles. The van der Waals surface area contributed by atoms with Crippen LogP contribution in [0, 0.1) is 0 Å². The molecule has 0 bridgehead atoms. The minimum atomic E-state index is -3.35. The van der Waals surface area contributed by atoms with E-state index >= 15 is 0 Å². The molecule has 0 spiro atoms. The van der Waals surface area contributed by atoms with Gasteiger partial charge < -0.3 is 4.55 Å². The smallest absolute Gasteiger partial charge is 0.772 e. The zero-order valence-corrected chi connectivity index (χ0v) is 10.9. The van der Waals surface area contributed by atoms with Crippen molar-refractivity contribution >= 4 is 21.1 Å². The average Bonchev–Trinajstić information content (AvgIpc) is 1.84. The predicted molar refractivity (Wildman–Crippen MR) is 41.3 cm³/mol. The first kappa shape index (κ1) is 15.5. The van der Waals surface area contributed by atoms with E-state index in [1.54, 1.807) is 0 Å². The molecule has 0 N–H and O–H groups in total. The molecular formula is C4H10NNaO4S2. The minimum absolute atomic E-state index is 0. The maximum Gasteiger partial charge on any atom is 1.00 e. The summed E-state index contributed by atoms with van der Waals surface area (Å²) in [7, 11) is -0.625. The van der Waals surface area contributed by atoms with Crippen LogP contribution in [0.3, 0.4) is 0 Å². The van der Waals surface area contributed by atoms with Crippen LogP contribution in [0.4, 0.5) is 0 Å². The second kappa shape index (κ2) is 6.47. The zero-order valence-electron chi connectivity index (χ0n) is 7.31. The Kier molecular flexibility index (Phi) is 8.35. The molecule has 0 aliphatic rings. The molecule has 0 amide bonds. The monoisotopic (exact) mass is 223 g/mol. The molecule has 5 nitrogen and oxygen atoms in total. The SMILES string of the molecule is CN(C)S(=O)(=O)CCS(=O)[O-].[Na+]. The van der Waals surface area contributed by atoms with Gasteiger partial charge in [0.15, 0.2) is 0 Å². The fraction of sp³-hybridized carbons (Fsp3) is 1.00. The Morgan fingerprint density at radius 3 is 2.08 bits per heavy atom. The third-order valence-electron chi connectivity index (χ3n) is 1.06. The quantitative estimate of drug-likeness (QED) is 0.357. The molecule has 0 saturated heterocycles. The summed E-state index contributed by atoms with van der Waals surface area (Å²) in [5, 5.41) is 0. The van der Waals surface area contributed by atoms with Crippen LogP contribution in [0.1, 0.15) is 0 Å². The van der Waals surface area contributed by atoms with Crippen molar-refractivity contribution in [3.8, 4) is 0 Å². The third kappa shape index (κ3) is 6.53. The fourth-order valence-electron chi connectivity index (χ4n) is 0.356. The maximum atomic E-state index is 10.9. The number of rotatable bonds is 4. The normalized spacial score (nSPS) is 14.0. The van der Waals surface area contributed by atoms with Gasteiger partial charge in [-0.15, -0.1) is 0 Å². The molecule has 1 unspecified atom stereocenters. The molecule has 0 heterocycles. The Bertz CT molecular complexity index is 237. The van der Waals surface area contributed by atoms with E-state index in [1.807, 2.05) is 0 Å². The summed E-state index contributed by atoms with van der Waals surface area (Å²) in [5.41, 5.74) is 0. The summed E-state index contributed by atoms with van der Waals surface area (Å²) in [6, 6.07) is 0. The van der Waals surface area contributed by atoms with Gasteiger partial charge in [-0.1, -0.05) is 11.1 Å². The van der Waals surface area contributed by atoms with Gasteiger partial charge in [-0.25, -0.2) is 12.7 Å². The van der Waals surface area contributed by atoms with Crippen LogP contribution in [-0.4, -0.2) is 47.1 Å². The maximum absolute atomic E-state index is 10.9. The van der Waals surface area contributed by atoms with Crippen molar-refractivity contribution in [3.63, 3.8) is 0 Å². The number of nitrogens with zero attached hydrogens (tertiary/aromatic N) is 1. The summed E-state index contributed by atoms with van der Waals surface area (Å²) in [6.07, 6.45) is 0. The Hall–Kier alpha value is 1.02. The van der Waals surface area contributed by atoms with E-state index in [-0.39, 0.29) is 41.1 Å². The first-order valence-corrected chi connectivity index (χ1v) is 5.67. The largest absolute Gasteiger partial charge is 1.00 e. The summed E-state index contributed by atoms with van der Waals surface area (Å²) in [4.78, 5) is 0. The van der Waals surface area contributed by atoms with Gasteiger partial charge in [0, 0.05) is 19.8 Å². The summed E-state index contributed by atoms with van der Waals surface area (Å²) in [5.74, 6) is -0.698. The van der Waals surface area contributed by atoms with Crippen LogP contribution < -0.4 is 29.6 Å². The Morgan fingerprint density at radius 1 is 1.42 bits per heavy atom. The molecule has 0 aromatic heterocycles. The molecule has 68 valence electrons. The van der Waals surface area contributed by atoms with Crippen molar-refractivity contribution in [1.29, 1.82) is 0 Å². The van der Waals surface area contributed by atoms with Crippen LogP contribution in [-0.2, 0) is 21.1 Å². The van der Waals surface area contributed by atoms with Gasteiger partial charge in [-0.2, -0.15) is 0 Å². The van der Waals surface area contributed by atoms with Crippen molar-refractivity contribution < 1.29 is 46.7 Å². The van der Waals surface area contributed by atoms with Crippen molar-refractivity contribution in [3.05, 3.63) is 0 Å². The van der Waals surface area contributed by atoms with E-state index in [1.165, 1.54) is 14.1 Å². The molecular weight excluding hydrogens is 213 g/mol. The zero-order chi connectivity index (χ0) is 9.07. The van der Waals surface area contributed by atoms with Gasteiger partial charge >= 0.3 is 29.6 Å². The molecule has 0 rings (SSSR count). The van der Waals surface area contributed by atoms with E-state index in [2.05, 4.69) is 0 Å². The van der Waals surface area contributed by atoms with Crippen molar-refractivity contribution in [2.45, 2.75) is 0 Å². The standard InChI is InChI=1S/C4H11NO4S2.Na/c1-5(2)11(8,9)4-3-10(6)7;/h3-4H2,1-2H3,(H,6,7);/q;+1/p-1. The van der Waals surface area contributed by atoms with Crippen molar-refractivity contribution in [2.24, 2.45) is 0 Å². The predicted octanol–water partition coefficient (Wildman–Crippen LogP) is -4.24. The van der Waals surface area contributed by atoms with Gasteiger partial charge in [0.1, 0.15) is 0 Å². The number of hydrogen-bond donors (Lipinski definition) is 0. The van der Waals surface area contributed by atoms with Gasteiger partial charge in [0.05, 0.1) is 5.75 Å². The summed E-state index contributed by atoms with van der Waals surface area (Å²) in [6.45, 7) is 0. The molecule has 1 atom stereocenters. The molecule has 0 aliphatic heterocycles. The number of sulfonamides is 1. The summed E-state index contributed by atoms with van der Waals surface area (Å²) < 4.78 is 42.7. The Labute approximate surface area is 97.1 Å². The van der Waals surface area contributed by atoms with Crippen LogP contribution >= 0.6 is 0 Å². The minimum Gasteiger partial charge on any atom is -0.772 e. The molecule has 0 aromatic rings. The second-order valence-electron chi connectivity index (χ2n) is 2.11. The van der Waals surface area contributed by atoms with Crippen molar-refractivity contribution in [1.82, 2.24) is 4.31 Å². The van der Waals surface area contributed by atoms with Gasteiger partial charge in [0.25, 0.3) is 0 Å². The van der Waals surface area contributed by atoms with E-state index in [4.69, 9.17) is 0 Å². The van der Waals surface area contributed by atoms with Crippen molar-refractivity contribution in [2.75, 3.05) is 25.6 Å². The van der Waals surface area contributed by atoms with E-state index in [0.717, 1.165) is 4.31 Å². The van der Waals surface area contributed by atoms with Gasteiger partial charge in [-0.05, 0) is 0 Å². The van der Waals surface area contributed by atoms with E-state index < -0.39 is 21.1 Å². The topological polar surface area (TPSA) is 77.5 Å². The summed E-state index contributed by atoms with van der Waals surface area (Å²) >= 11 is -2.28. The van der Waals surface area contributed by atoms with Gasteiger partial charge in [0.2, 0.25) is 10.0 Å². The second-order valence-corrected chi connectivity index (χ2v) is 5.42. The first-order valence-electron chi connectivity index (χ1n) is 2.82. The Morgan fingerprint density at radius 2 is 1.83 bits per heavy atom. The Balaban J connectivity index is 0. The number of hydrogen-bond acceptors (Lipinski definition) is 4. The third-order valence-corrected chi connectivity index (χ3v) is 3.69. The average molecular weight is 223 g/mol. The van der Waals surface area contributed by atoms with Crippen LogP contribution in [0.2, 0.25) is 0 Å². The van der Waals surface area contributed by atoms with Crippen LogP contribution in [0.15, 0.2) is 0 Å².